The lowest BCUT2D eigenvalue weighted by Crippen LogP contribution is -2.31. The van der Waals surface area contributed by atoms with Crippen LogP contribution in [-0.4, -0.2) is 12.5 Å². The molecule has 1 aromatic carbocycles. The van der Waals surface area contributed by atoms with Crippen LogP contribution in [0.5, 0.6) is 0 Å². The van der Waals surface area contributed by atoms with Crippen molar-refractivity contribution in [2.24, 2.45) is 11.8 Å². The lowest BCUT2D eigenvalue weighted by molar-refractivity contribution is 0.0940. The van der Waals surface area contributed by atoms with Crippen molar-refractivity contribution in [3.63, 3.8) is 0 Å². The average Bonchev–Trinajstić information content (AvgIpc) is 2.40. The molecule has 19 heavy (non-hydrogen) atoms. The molecule has 0 unspecified atom stereocenters. The number of hydrogen-bond acceptors (Lipinski definition) is 1. The number of benzene rings is 1. The van der Waals surface area contributed by atoms with Gasteiger partial charge in [0, 0.05) is 11.0 Å². The number of halogens is 2. The van der Waals surface area contributed by atoms with Crippen molar-refractivity contribution in [1.82, 2.24) is 5.32 Å². The molecule has 1 saturated carbocycles. The van der Waals surface area contributed by atoms with E-state index >= 15 is 0 Å². The van der Waals surface area contributed by atoms with Crippen molar-refractivity contribution in [2.75, 3.05) is 6.54 Å². The SMILES string of the molecule is CC1CCC(CNC(=O)c2cc(F)ccc2Br)CC1. The number of nitrogens with one attached hydrogen (secondary N) is 1. The number of carbonyl (C=O) groups is 1. The maximum absolute atomic E-state index is 13.1. The summed E-state index contributed by atoms with van der Waals surface area (Å²) in [5.74, 6) is 0.779. The van der Waals surface area contributed by atoms with Crippen LogP contribution < -0.4 is 5.32 Å². The van der Waals surface area contributed by atoms with E-state index in [0.717, 1.165) is 5.92 Å². The van der Waals surface area contributed by atoms with Gasteiger partial charge in [0.2, 0.25) is 0 Å². The second-order valence-corrected chi connectivity index (χ2v) is 6.31. The molecule has 104 valence electrons. The Morgan fingerprint density at radius 3 is 2.74 bits per heavy atom. The van der Waals surface area contributed by atoms with E-state index in [4.69, 9.17) is 0 Å². The van der Waals surface area contributed by atoms with Crippen LogP contribution in [0.2, 0.25) is 0 Å². The normalized spacial score (nSPS) is 23.1. The lowest BCUT2D eigenvalue weighted by atomic mass is 9.83. The second-order valence-electron chi connectivity index (χ2n) is 5.46. The summed E-state index contributed by atoms with van der Waals surface area (Å²) in [5.41, 5.74) is 0.365. The molecule has 4 heteroatoms. The predicted molar refractivity (Wildman–Crippen MR) is 77.6 cm³/mol. The number of amides is 1. The second kappa shape index (κ2) is 6.51. The summed E-state index contributed by atoms with van der Waals surface area (Å²) >= 11 is 3.28. The quantitative estimate of drug-likeness (QED) is 0.887. The molecule has 0 spiro atoms. The summed E-state index contributed by atoms with van der Waals surface area (Å²) in [5, 5.41) is 2.92. The highest BCUT2D eigenvalue weighted by Crippen LogP contribution is 2.27. The van der Waals surface area contributed by atoms with Gasteiger partial charge in [-0.2, -0.15) is 0 Å². The van der Waals surface area contributed by atoms with Crippen molar-refractivity contribution in [3.8, 4) is 0 Å². The first-order valence-corrected chi connectivity index (χ1v) is 7.59. The highest BCUT2D eigenvalue weighted by Gasteiger charge is 2.19. The van der Waals surface area contributed by atoms with Gasteiger partial charge >= 0.3 is 0 Å². The van der Waals surface area contributed by atoms with E-state index in [2.05, 4.69) is 28.2 Å². The molecular weight excluding hydrogens is 309 g/mol. The standard InChI is InChI=1S/C15H19BrFNO/c1-10-2-4-11(5-3-10)9-18-15(19)13-8-12(17)6-7-14(13)16/h6-8,10-11H,2-5,9H2,1H3,(H,18,19). The molecule has 2 nitrogen and oxygen atoms in total. The minimum atomic E-state index is -0.389. The van der Waals surface area contributed by atoms with Gasteiger partial charge in [-0.15, -0.1) is 0 Å². The van der Waals surface area contributed by atoms with E-state index in [1.807, 2.05) is 0 Å². The molecule has 0 bridgehead atoms. The molecule has 0 heterocycles. The first-order chi connectivity index (χ1) is 9.06. The minimum absolute atomic E-state index is 0.204. The van der Waals surface area contributed by atoms with Crippen LogP contribution in [0.3, 0.4) is 0 Å². The molecule has 2 rings (SSSR count). The van der Waals surface area contributed by atoms with E-state index in [-0.39, 0.29) is 11.7 Å². The van der Waals surface area contributed by atoms with Crippen LogP contribution >= 0.6 is 15.9 Å². The monoisotopic (exact) mass is 327 g/mol. The van der Waals surface area contributed by atoms with Gasteiger partial charge in [-0.3, -0.25) is 4.79 Å². The van der Waals surface area contributed by atoms with Crippen molar-refractivity contribution in [1.29, 1.82) is 0 Å². The fourth-order valence-electron chi connectivity index (χ4n) is 2.54. The number of rotatable bonds is 3. The Hall–Kier alpha value is -0.900. The van der Waals surface area contributed by atoms with Crippen LogP contribution in [0.15, 0.2) is 22.7 Å². The zero-order valence-electron chi connectivity index (χ0n) is 11.1. The molecule has 1 N–H and O–H groups in total. The maximum atomic E-state index is 13.1. The van der Waals surface area contributed by atoms with Gasteiger partial charge in [-0.05, 0) is 58.8 Å². The highest BCUT2D eigenvalue weighted by molar-refractivity contribution is 9.10. The molecule has 0 atom stereocenters. The molecule has 0 radical (unpaired) electrons. The van der Waals surface area contributed by atoms with Gasteiger partial charge in [0.15, 0.2) is 0 Å². The third-order valence-electron chi connectivity index (χ3n) is 3.86. The van der Waals surface area contributed by atoms with Gasteiger partial charge in [-0.1, -0.05) is 19.8 Å². The molecule has 1 amide bonds. The Kier molecular flexibility index (Phi) is 4.97. The first-order valence-electron chi connectivity index (χ1n) is 6.79. The largest absolute Gasteiger partial charge is 0.352 e. The third-order valence-corrected chi connectivity index (χ3v) is 4.55. The maximum Gasteiger partial charge on any atom is 0.252 e. The van der Waals surface area contributed by atoms with Crippen LogP contribution in [-0.2, 0) is 0 Å². The van der Waals surface area contributed by atoms with Crippen molar-refractivity contribution >= 4 is 21.8 Å². The summed E-state index contributed by atoms with van der Waals surface area (Å²) < 4.78 is 13.8. The van der Waals surface area contributed by atoms with Gasteiger partial charge < -0.3 is 5.32 Å². The minimum Gasteiger partial charge on any atom is -0.352 e. The average molecular weight is 328 g/mol. The number of carbonyl (C=O) groups excluding carboxylic acids is 1. The molecular formula is C15H19BrFNO. The van der Waals surface area contributed by atoms with Crippen LogP contribution in [0.1, 0.15) is 43.0 Å². The van der Waals surface area contributed by atoms with Gasteiger partial charge in [0.1, 0.15) is 5.82 Å². The van der Waals surface area contributed by atoms with E-state index in [1.165, 1.54) is 37.8 Å². The number of hydrogen-bond donors (Lipinski definition) is 1. The van der Waals surface area contributed by atoms with Crippen molar-refractivity contribution in [3.05, 3.63) is 34.1 Å². The third kappa shape index (κ3) is 4.03. The first kappa shape index (κ1) is 14.5. The van der Waals surface area contributed by atoms with E-state index in [9.17, 15) is 9.18 Å². The van der Waals surface area contributed by atoms with Gasteiger partial charge in [-0.25, -0.2) is 4.39 Å². The van der Waals surface area contributed by atoms with Crippen LogP contribution in [0.25, 0.3) is 0 Å². The summed E-state index contributed by atoms with van der Waals surface area (Å²) in [6.07, 6.45) is 4.83. The fraction of sp³-hybridized carbons (Fsp3) is 0.533. The van der Waals surface area contributed by atoms with E-state index in [1.54, 1.807) is 6.07 Å². The molecule has 1 aliphatic rings. The van der Waals surface area contributed by atoms with Gasteiger partial charge in [0.05, 0.1) is 5.56 Å². The Bertz CT molecular complexity index is 455. The van der Waals surface area contributed by atoms with Gasteiger partial charge in [0.25, 0.3) is 5.91 Å². The Morgan fingerprint density at radius 1 is 1.37 bits per heavy atom. The molecule has 0 aliphatic heterocycles. The molecule has 0 saturated heterocycles. The Labute approximate surface area is 121 Å². The zero-order chi connectivity index (χ0) is 13.8. The predicted octanol–water partition coefficient (Wildman–Crippen LogP) is 4.14. The summed E-state index contributed by atoms with van der Waals surface area (Å²) in [4.78, 5) is 12.0. The summed E-state index contributed by atoms with van der Waals surface area (Å²) in [6, 6.07) is 4.16. The Morgan fingerprint density at radius 2 is 2.05 bits per heavy atom. The smallest absolute Gasteiger partial charge is 0.252 e. The lowest BCUT2D eigenvalue weighted by Gasteiger charge is -2.26. The molecule has 1 aromatic rings. The van der Waals surface area contributed by atoms with Crippen LogP contribution in [0, 0.1) is 17.7 Å². The van der Waals surface area contributed by atoms with Crippen LogP contribution in [0.4, 0.5) is 4.39 Å². The van der Waals surface area contributed by atoms with Crippen molar-refractivity contribution in [2.45, 2.75) is 32.6 Å². The molecule has 1 aliphatic carbocycles. The molecule has 1 fully saturated rings. The highest BCUT2D eigenvalue weighted by atomic mass is 79.9. The topological polar surface area (TPSA) is 29.1 Å². The van der Waals surface area contributed by atoms with E-state index < -0.39 is 0 Å². The summed E-state index contributed by atoms with van der Waals surface area (Å²) in [7, 11) is 0. The molecule has 0 aromatic heterocycles. The van der Waals surface area contributed by atoms with E-state index in [0.29, 0.717) is 22.5 Å². The fourth-order valence-corrected chi connectivity index (χ4v) is 2.96. The summed E-state index contributed by atoms with van der Waals surface area (Å²) in [6.45, 7) is 2.97. The zero-order valence-corrected chi connectivity index (χ0v) is 12.7. The van der Waals surface area contributed by atoms with Crippen molar-refractivity contribution < 1.29 is 9.18 Å². The Balaban J connectivity index is 1.89.